The van der Waals surface area contributed by atoms with Gasteiger partial charge in [-0.15, -0.1) is 0 Å². The third-order valence-corrected chi connectivity index (χ3v) is 5.67. The first kappa shape index (κ1) is 19.7. The number of hydrogen-bond donors (Lipinski definition) is 2. The van der Waals surface area contributed by atoms with Gasteiger partial charge in [0.2, 0.25) is 5.95 Å². The van der Waals surface area contributed by atoms with Crippen LogP contribution in [0.2, 0.25) is 0 Å². The minimum absolute atomic E-state index is 0.110. The molecule has 2 N–H and O–H groups in total. The Kier molecular flexibility index (Phi) is 6.01. The molecule has 1 atom stereocenters. The highest BCUT2D eigenvalue weighted by Crippen LogP contribution is 2.29. The van der Waals surface area contributed by atoms with Crippen molar-refractivity contribution in [1.29, 1.82) is 0 Å². The van der Waals surface area contributed by atoms with Gasteiger partial charge in [0.15, 0.2) is 0 Å². The topological polar surface area (TPSA) is 90.9 Å². The van der Waals surface area contributed by atoms with Crippen LogP contribution in [0.15, 0.2) is 29.1 Å². The molecular weight excluding hydrogens is 372 g/mol. The van der Waals surface area contributed by atoms with E-state index in [0.717, 1.165) is 50.3 Å². The highest BCUT2D eigenvalue weighted by molar-refractivity contribution is 5.39. The van der Waals surface area contributed by atoms with Crippen molar-refractivity contribution in [3.63, 3.8) is 0 Å². The van der Waals surface area contributed by atoms with E-state index in [0.29, 0.717) is 31.5 Å². The monoisotopic (exact) mass is 400 g/mol. The van der Waals surface area contributed by atoms with Crippen molar-refractivity contribution in [2.45, 2.75) is 25.3 Å². The summed E-state index contributed by atoms with van der Waals surface area (Å²) >= 11 is 0. The molecule has 2 aliphatic heterocycles. The Labute approximate surface area is 170 Å². The van der Waals surface area contributed by atoms with Gasteiger partial charge < -0.3 is 19.5 Å². The van der Waals surface area contributed by atoms with Crippen LogP contribution < -0.4 is 15.2 Å². The minimum atomic E-state index is -0.110. The summed E-state index contributed by atoms with van der Waals surface area (Å²) in [6.07, 6.45) is 2.03. The summed E-state index contributed by atoms with van der Waals surface area (Å²) in [6, 6.07) is 7.04. The lowest BCUT2D eigenvalue weighted by molar-refractivity contribution is 0.122. The summed E-state index contributed by atoms with van der Waals surface area (Å²) in [5.74, 6) is 1.73. The van der Waals surface area contributed by atoms with Crippen LogP contribution in [-0.4, -0.2) is 66.5 Å². The van der Waals surface area contributed by atoms with Crippen LogP contribution in [0.1, 0.15) is 30.0 Å². The molecule has 156 valence electrons. The van der Waals surface area contributed by atoms with Crippen molar-refractivity contribution in [2.75, 3.05) is 51.4 Å². The molecule has 1 unspecified atom stereocenters. The molecule has 8 heteroatoms. The van der Waals surface area contributed by atoms with Crippen molar-refractivity contribution >= 4 is 5.95 Å². The van der Waals surface area contributed by atoms with Crippen molar-refractivity contribution in [3.8, 4) is 11.5 Å². The standard InChI is InChI=1S/C21H28N4O4/c1-28-17-5-4-16(19(26)11-17)14-24-6-2-3-15(13-24)18-12-20(27)23-21(22-18)25-7-9-29-10-8-25/h4-5,11-12,15,26H,2-3,6-10,13-14H2,1H3,(H,22,23,27). The summed E-state index contributed by atoms with van der Waals surface area (Å²) < 4.78 is 10.6. The van der Waals surface area contributed by atoms with Crippen molar-refractivity contribution < 1.29 is 14.6 Å². The molecule has 0 radical (unpaired) electrons. The number of nitrogens with zero attached hydrogens (tertiary/aromatic N) is 3. The molecule has 0 spiro atoms. The first-order valence-electron chi connectivity index (χ1n) is 10.1. The number of ether oxygens (including phenoxy) is 2. The number of aromatic nitrogens is 2. The molecule has 2 aliphatic rings. The molecular formula is C21H28N4O4. The van der Waals surface area contributed by atoms with Crippen molar-refractivity contribution in [3.05, 3.63) is 45.9 Å². The molecule has 1 aromatic carbocycles. The van der Waals surface area contributed by atoms with Crippen molar-refractivity contribution in [2.24, 2.45) is 0 Å². The summed E-state index contributed by atoms with van der Waals surface area (Å²) in [5.41, 5.74) is 1.61. The number of likely N-dealkylation sites (tertiary alicyclic amines) is 1. The number of rotatable bonds is 5. The molecule has 2 saturated heterocycles. The smallest absolute Gasteiger partial charge is 0.252 e. The fraction of sp³-hybridized carbons (Fsp3) is 0.524. The predicted octanol–water partition coefficient (Wildman–Crippen LogP) is 1.70. The maximum atomic E-state index is 12.3. The zero-order valence-electron chi connectivity index (χ0n) is 16.8. The van der Waals surface area contributed by atoms with Gasteiger partial charge in [-0.25, -0.2) is 4.98 Å². The van der Waals surface area contributed by atoms with E-state index in [1.165, 1.54) is 0 Å². The Hall–Kier alpha value is -2.58. The van der Waals surface area contributed by atoms with Gasteiger partial charge in [0, 0.05) is 49.8 Å². The lowest BCUT2D eigenvalue weighted by Crippen LogP contribution is -2.39. The second-order valence-electron chi connectivity index (χ2n) is 7.66. The fourth-order valence-electron chi connectivity index (χ4n) is 4.08. The number of benzene rings is 1. The van der Waals surface area contributed by atoms with Gasteiger partial charge in [-0.2, -0.15) is 0 Å². The maximum Gasteiger partial charge on any atom is 0.252 e. The summed E-state index contributed by atoms with van der Waals surface area (Å²) in [5, 5.41) is 10.3. The Bertz CT molecular complexity index is 894. The van der Waals surface area contributed by atoms with Crippen LogP contribution in [0.4, 0.5) is 5.95 Å². The van der Waals surface area contributed by atoms with Crippen LogP contribution in [0, 0.1) is 0 Å². The second kappa shape index (κ2) is 8.84. The molecule has 29 heavy (non-hydrogen) atoms. The number of morpholine rings is 1. The largest absolute Gasteiger partial charge is 0.507 e. The number of anilines is 1. The number of piperidine rings is 1. The zero-order chi connectivity index (χ0) is 20.2. The van der Waals surface area contributed by atoms with Crippen LogP contribution in [-0.2, 0) is 11.3 Å². The summed E-state index contributed by atoms with van der Waals surface area (Å²) in [4.78, 5) is 24.3. The SMILES string of the molecule is COc1ccc(CN2CCCC(c3cc(=O)[nH]c(N4CCOCC4)n3)C2)c(O)c1. The first-order chi connectivity index (χ1) is 14.1. The molecule has 1 aromatic heterocycles. The highest BCUT2D eigenvalue weighted by Gasteiger charge is 2.25. The normalized spacial score (nSPS) is 20.6. The Balaban J connectivity index is 1.48. The number of phenolic OH excluding ortho intramolecular Hbond substituents is 1. The van der Waals surface area contributed by atoms with Crippen LogP contribution in [0.5, 0.6) is 11.5 Å². The molecule has 0 aliphatic carbocycles. The van der Waals surface area contributed by atoms with Gasteiger partial charge >= 0.3 is 0 Å². The van der Waals surface area contributed by atoms with E-state index in [4.69, 9.17) is 14.5 Å². The van der Waals surface area contributed by atoms with Crippen molar-refractivity contribution in [1.82, 2.24) is 14.9 Å². The first-order valence-corrected chi connectivity index (χ1v) is 10.1. The Morgan fingerprint density at radius 2 is 2.10 bits per heavy atom. The number of nitrogens with one attached hydrogen (secondary N) is 1. The van der Waals surface area contributed by atoms with E-state index in [9.17, 15) is 9.90 Å². The lowest BCUT2D eigenvalue weighted by Gasteiger charge is -2.33. The molecule has 0 amide bonds. The van der Waals surface area contributed by atoms with E-state index >= 15 is 0 Å². The van der Waals surface area contributed by atoms with Crippen LogP contribution in [0.25, 0.3) is 0 Å². The number of H-pyrrole nitrogens is 1. The molecule has 4 rings (SSSR count). The number of methoxy groups -OCH3 is 1. The quantitative estimate of drug-likeness (QED) is 0.789. The van der Waals surface area contributed by atoms with E-state index in [-0.39, 0.29) is 17.2 Å². The van der Waals surface area contributed by atoms with E-state index < -0.39 is 0 Å². The Morgan fingerprint density at radius 3 is 2.86 bits per heavy atom. The molecule has 0 saturated carbocycles. The summed E-state index contributed by atoms with van der Waals surface area (Å²) in [7, 11) is 1.59. The van der Waals surface area contributed by atoms with Gasteiger partial charge in [-0.3, -0.25) is 14.7 Å². The number of aromatic amines is 1. The van der Waals surface area contributed by atoms with E-state index in [2.05, 4.69) is 14.8 Å². The van der Waals surface area contributed by atoms with Gasteiger partial charge in [-0.05, 0) is 25.5 Å². The average molecular weight is 400 g/mol. The third-order valence-electron chi connectivity index (χ3n) is 5.67. The lowest BCUT2D eigenvalue weighted by atomic mass is 9.94. The van der Waals surface area contributed by atoms with Crippen LogP contribution >= 0.6 is 0 Å². The molecule has 2 aromatic rings. The van der Waals surface area contributed by atoms with Gasteiger partial charge in [0.1, 0.15) is 11.5 Å². The number of phenols is 1. The van der Waals surface area contributed by atoms with Gasteiger partial charge in [-0.1, -0.05) is 6.07 Å². The molecule has 8 nitrogen and oxygen atoms in total. The Morgan fingerprint density at radius 1 is 1.28 bits per heavy atom. The minimum Gasteiger partial charge on any atom is -0.507 e. The predicted molar refractivity (Wildman–Crippen MR) is 110 cm³/mol. The summed E-state index contributed by atoms with van der Waals surface area (Å²) in [6.45, 7) is 5.20. The van der Waals surface area contributed by atoms with Gasteiger partial charge in [0.25, 0.3) is 5.56 Å². The highest BCUT2D eigenvalue weighted by atomic mass is 16.5. The third kappa shape index (κ3) is 4.71. The van der Waals surface area contributed by atoms with E-state index in [1.54, 1.807) is 19.2 Å². The molecule has 0 bridgehead atoms. The van der Waals surface area contributed by atoms with E-state index in [1.807, 2.05) is 12.1 Å². The van der Waals surface area contributed by atoms with Gasteiger partial charge in [0.05, 0.1) is 26.0 Å². The number of hydrogen-bond acceptors (Lipinski definition) is 7. The zero-order valence-corrected chi connectivity index (χ0v) is 16.8. The fourth-order valence-corrected chi connectivity index (χ4v) is 4.08. The molecule has 2 fully saturated rings. The maximum absolute atomic E-state index is 12.3. The molecule has 3 heterocycles. The van der Waals surface area contributed by atoms with Crippen LogP contribution in [0.3, 0.4) is 0 Å². The second-order valence-corrected chi connectivity index (χ2v) is 7.66. The number of aromatic hydroxyl groups is 1. The average Bonchev–Trinajstić information content (AvgIpc) is 2.75.